The van der Waals surface area contributed by atoms with Crippen LogP contribution in [0.3, 0.4) is 0 Å². The van der Waals surface area contributed by atoms with Crippen molar-refractivity contribution in [1.29, 1.82) is 0 Å². The van der Waals surface area contributed by atoms with Gasteiger partial charge < -0.3 is 14.5 Å². The van der Waals surface area contributed by atoms with E-state index in [0.29, 0.717) is 17.2 Å². The number of nitrogens with one attached hydrogen (secondary N) is 1. The van der Waals surface area contributed by atoms with Gasteiger partial charge in [-0.05, 0) is 33.0 Å². The van der Waals surface area contributed by atoms with Crippen LogP contribution in [0.4, 0.5) is 0 Å². The van der Waals surface area contributed by atoms with Gasteiger partial charge in [0.05, 0.1) is 13.0 Å². The van der Waals surface area contributed by atoms with Gasteiger partial charge in [0.2, 0.25) is 0 Å². The number of carbonyl (C=O) groups excluding carboxylic acids is 1. The minimum absolute atomic E-state index is 0.213. The Morgan fingerprint density at radius 3 is 2.82 bits per heavy atom. The van der Waals surface area contributed by atoms with Gasteiger partial charge in [-0.25, -0.2) is 0 Å². The summed E-state index contributed by atoms with van der Waals surface area (Å²) in [6, 6.07) is 0. The van der Waals surface area contributed by atoms with Crippen molar-refractivity contribution in [3.63, 3.8) is 0 Å². The van der Waals surface area contributed by atoms with Crippen LogP contribution < -0.4 is 0 Å². The molecule has 1 aromatic heterocycles. The van der Waals surface area contributed by atoms with Gasteiger partial charge in [0, 0.05) is 17.2 Å². The Balaban J connectivity index is 2.44. The fraction of sp³-hybridized carbons (Fsp3) is 0.636. The molecule has 17 heavy (non-hydrogen) atoms. The van der Waals surface area contributed by atoms with E-state index in [1.807, 2.05) is 20.8 Å². The average Bonchev–Trinajstić information content (AvgIpc) is 2.54. The van der Waals surface area contributed by atoms with Crippen molar-refractivity contribution < 1.29 is 14.3 Å². The van der Waals surface area contributed by atoms with E-state index >= 15 is 0 Å². The molecule has 0 aliphatic carbocycles. The Bertz CT molecular complexity index is 425. The molecule has 0 aliphatic rings. The molecule has 0 spiro atoms. The van der Waals surface area contributed by atoms with E-state index in [9.17, 15) is 4.79 Å². The Hall–Kier alpha value is -0.720. The molecule has 1 N–H and O–H groups in total. The minimum atomic E-state index is -0.245. The molecule has 0 aromatic carbocycles. The lowest BCUT2D eigenvalue weighted by molar-refractivity contribution is -0.150. The zero-order chi connectivity index (χ0) is 12.8. The van der Waals surface area contributed by atoms with Crippen LogP contribution in [-0.2, 0) is 20.7 Å². The summed E-state index contributed by atoms with van der Waals surface area (Å²) in [6.45, 7) is 6.69. The first-order chi connectivity index (χ1) is 8.02. The highest BCUT2D eigenvalue weighted by Gasteiger charge is 2.13. The lowest BCUT2D eigenvalue weighted by atomic mass is 10.3. The number of hydrogen-bond donors (Lipinski definition) is 1. The SMILES string of the molecule is CCOCC(C)OC(=O)Cc1sc(=S)[nH]c1C. The molecule has 1 atom stereocenters. The van der Waals surface area contributed by atoms with Gasteiger partial charge in [-0.15, -0.1) is 11.3 Å². The predicted molar refractivity (Wildman–Crippen MR) is 70.0 cm³/mol. The van der Waals surface area contributed by atoms with Crippen LogP contribution in [0.5, 0.6) is 0 Å². The molecular weight excluding hydrogens is 258 g/mol. The number of aromatic nitrogens is 1. The first-order valence-corrected chi connectivity index (χ1v) is 6.71. The molecular formula is C11H17NO3S2. The van der Waals surface area contributed by atoms with Gasteiger partial charge in [-0.1, -0.05) is 0 Å². The summed E-state index contributed by atoms with van der Waals surface area (Å²) in [5, 5.41) is 0. The summed E-state index contributed by atoms with van der Waals surface area (Å²) in [6.07, 6.45) is 0.0507. The molecule has 0 bridgehead atoms. The predicted octanol–water partition coefficient (Wildman–Crippen LogP) is 2.62. The Kier molecular flexibility index (Phi) is 5.80. The fourth-order valence-electron chi connectivity index (χ4n) is 1.32. The molecule has 1 unspecified atom stereocenters. The summed E-state index contributed by atoms with van der Waals surface area (Å²) >= 11 is 6.42. The number of esters is 1. The van der Waals surface area contributed by atoms with E-state index in [1.165, 1.54) is 11.3 Å². The zero-order valence-electron chi connectivity index (χ0n) is 10.2. The summed E-state index contributed by atoms with van der Waals surface area (Å²) in [5.74, 6) is -0.245. The van der Waals surface area contributed by atoms with Gasteiger partial charge in [-0.3, -0.25) is 4.79 Å². The highest BCUT2D eigenvalue weighted by atomic mass is 32.1. The molecule has 1 aromatic rings. The van der Waals surface area contributed by atoms with Crippen LogP contribution >= 0.6 is 23.6 Å². The number of ether oxygens (including phenoxy) is 2. The quantitative estimate of drug-likeness (QED) is 0.640. The fourth-order valence-corrected chi connectivity index (χ4v) is 2.60. The van der Waals surface area contributed by atoms with E-state index in [4.69, 9.17) is 21.7 Å². The molecule has 4 nitrogen and oxygen atoms in total. The number of thiazole rings is 1. The third kappa shape index (κ3) is 4.97. The molecule has 0 aliphatic heterocycles. The molecule has 0 amide bonds. The van der Waals surface area contributed by atoms with E-state index in [-0.39, 0.29) is 18.5 Å². The molecule has 0 saturated carbocycles. The van der Waals surface area contributed by atoms with Crippen LogP contribution in [0.25, 0.3) is 0 Å². The van der Waals surface area contributed by atoms with Crippen LogP contribution in [0.15, 0.2) is 0 Å². The number of hydrogen-bond acceptors (Lipinski definition) is 5. The smallest absolute Gasteiger partial charge is 0.311 e. The van der Waals surface area contributed by atoms with Crippen LogP contribution in [0.1, 0.15) is 24.4 Å². The highest BCUT2D eigenvalue weighted by Crippen LogP contribution is 2.15. The molecule has 0 fully saturated rings. The van der Waals surface area contributed by atoms with Gasteiger partial charge in [0.1, 0.15) is 6.10 Å². The van der Waals surface area contributed by atoms with E-state index in [0.717, 1.165) is 10.6 Å². The van der Waals surface area contributed by atoms with Crippen molar-refractivity contribution >= 4 is 29.5 Å². The number of H-pyrrole nitrogens is 1. The molecule has 1 heterocycles. The molecule has 1 rings (SSSR count). The van der Waals surface area contributed by atoms with E-state index in [1.54, 1.807) is 0 Å². The van der Waals surface area contributed by atoms with Gasteiger partial charge in [-0.2, -0.15) is 0 Å². The summed E-state index contributed by atoms with van der Waals surface area (Å²) in [7, 11) is 0. The number of rotatable bonds is 6. The third-order valence-electron chi connectivity index (χ3n) is 2.12. The van der Waals surface area contributed by atoms with Crippen molar-refractivity contribution in [3.8, 4) is 0 Å². The maximum atomic E-state index is 11.6. The van der Waals surface area contributed by atoms with Crippen LogP contribution in [0, 0.1) is 10.9 Å². The van der Waals surface area contributed by atoms with Crippen molar-refractivity contribution in [2.45, 2.75) is 33.3 Å². The monoisotopic (exact) mass is 275 g/mol. The lowest BCUT2D eigenvalue weighted by Gasteiger charge is -2.12. The standard InChI is InChI=1S/C11H17NO3S2/c1-4-14-6-7(2)15-10(13)5-9-8(3)12-11(16)17-9/h7H,4-6H2,1-3H3,(H,12,16). The summed E-state index contributed by atoms with van der Waals surface area (Å²) in [5.41, 5.74) is 0.939. The average molecular weight is 275 g/mol. The second-order valence-electron chi connectivity index (χ2n) is 3.70. The van der Waals surface area contributed by atoms with Crippen LogP contribution in [0.2, 0.25) is 0 Å². The Morgan fingerprint density at radius 1 is 1.59 bits per heavy atom. The number of aromatic amines is 1. The minimum Gasteiger partial charge on any atom is -0.460 e. The molecule has 96 valence electrons. The maximum Gasteiger partial charge on any atom is 0.311 e. The van der Waals surface area contributed by atoms with Gasteiger partial charge >= 0.3 is 5.97 Å². The van der Waals surface area contributed by atoms with Gasteiger partial charge in [0.15, 0.2) is 3.95 Å². The van der Waals surface area contributed by atoms with Crippen LogP contribution in [-0.4, -0.2) is 30.3 Å². The number of carbonyl (C=O) groups is 1. The van der Waals surface area contributed by atoms with E-state index < -0.39 is 0 Å². The largest absolute Gasteiger partial charge is 0.460 e. The third-order valence-corrected chi connectivity index (χ3v) is 3.45. The Labute approximate surface area is 110 Å². The lowest BCUT2D eigenvalue weighted by Crippen LogP contribution is -2.21. The molecule has 0 saturated heterocycles. The van der Waals surface area contributed by atoms with Gasteiger partial charge in [0.25, 0.3) is 0 Å². The highest BCUT2D eigenvalue weighted by molar-refractivity contribution is 7.73. The molecule has 0 radical (unpaired) electrons. The Morgan fingerprint density at radius 2 is 2.29 bits per heavy atom. The number of aryl methyl sites for hydroxylation is 1. The zero-order valence-corrected chi connectivity index (χ0v) is 11.9. The van der Waals surface area contributed by atoms with Crippen molar-refractivity contribution in [1.82, 2.24) is 4.98 Å². The summed E-state index contributed by atoms with van der Waals surface area (Å²) in [4.78, 5) is 15.6. The summed E-state index contributed by atoms with van der Waals surface area (Å²) < 4.78 is 11.1. The van der Waals surface area contributed by atoms with Crippen molar-refractivity contribution in [2.75, 3.05) is 13.2 Å². The van der Waals surface area contributed by atoms with E-state index in [2.05, 4.69) is 4.98 Å². The normalized spacial score (nSPS) is 12.4. The topological polar surface area (TPSA) is 51.3 Å². The second kappa shape index (κ2) is 6.88. The molecule has 6 heteroatoms. The maximum absolute atomic E-state index is 11.6. The first-order valence-electron chi connectivity index (χ1n) is 5.48. The first kappa shape index (κ1) is 14.3. The second-order valence-corrected chi connectivity index (χ2v) is 5.47. The van der Waals surface area contributed by atoms with Crippen molar-refractivity contribution in [3.05, 3.63) is 14.5 Å². The van der Waals surface area contributed by atoms with Crippen molar-refractivity contribution in [2.24, 2.45) is 0 Å².